The van der Waals surface area contributed by atoms with Gasteiger partial charge in [-0.2, -0.15) is 13.9 Å². The molecule has 12 heteroatoms. The molecule has 9 nitrogen and oxygen atoms in total. The third-order valence-corrected chi connectivity index (χ3v) is 5.23. The van der Waals surface area contributed by atoms with Crippen molar-refractivity contribution >= 4 is 28.4 Å². The number of nitrogens with zero attached hydrogens (tertiary/aromatic N) is 4. The van der Waals surface area contributed by atoms with Crippen molar-refractivity contribution in [3.05, 3.63) is 71.2 Å². The van der Waals surface area contributed by atoms with Gasteiger partial charge in [0, 0.05) is 17.1 Å². The molecule has 5 rings (SSSR count). The van der Waals surface area contributed by atoms with E-state index in [9.17, 15) is 9.18 Å². The number of amides is 1. The Bertz CT molecular complexity index is 1370. The molecule has 0 bridgehead atoms. The number of rotatable bonds is 6. The van der Waals surface area contributed by atoms with Crippen LogP contribution in [0.2, 0.25) is 0 Å². The van der Waals surface area contributed by atoms with Crippen LogP contribution in [0.15, 0.2) is 42.6 Å². The van der Waals surface area contributed by atoms with Crippen LogP contribution < -0.4 is 10.6 Å². The van der Waals surface area contributed by atoms with Gasteiger partial charge >= 0.3 is 5.92 Å². The Morgan fingerprint density at radius 1 is 1.21 bits per heavy atom. The lowest BCUT2D eigenvalue weighted by atomic mass is 10.1. The van der Waals surface area contributed by atoms with Crippen LogP contribution in [-0.2, 0) is 10.7 Å². The van der Waals surface area contributed by atoms with E-state index in [0.29, 0.717) is 30.6 Å². The number of fused-ring (bicyclic) bond motifs is 1. The van der Waals surface area contributed by atoms with Gasteiger partial charge in [0.1, 0.15) is 17.3 Å². The van der Waals surface area contributed by atoms with Crippen molar-refractivity contribution in [3.8, 4) is 0 Å². The lowest BCUT2D eigenvalue weighted by molar-refractivity contribution is -0.00344. The summed E-state index contributed by atoms with van der Waals surface area (Å²) in [5.74, 6) is -5.54. The fourth-order valence-electron chi connectivity index (χ4n) is 3.43. The zero-order valence-electron chi connectivity index (χ0n) is 17.8. The number of aromatic amines is 1. The van der Waals surface area contributed by atoms with Gasteiger partial charge in [-0.3, -0.25) is 14.9 Å². The number of anilines is 2. The molecule has 4 aromatic rings. The van der Waals surface area contributed by atoms with Gasteiger partial charge in [-0.1, -0.05) is 6.07 Å². The molecule has 0 atom stereocenters. The molecule has 3 aromatic heterocycles. The van der Waals surface area contributed by atoms with E-state index in [0.717, 1.165) is 17.8 Å². The average molecular weight is 469 g/mol. The normalized spacial score (nSPS) is 14.1. The lowest BCUT2D eigenvalue weighted by Crippen LogP contribution is -2.48. The van der Waals surface area contributed by atoms with Crippen molar-refractivity contribution in [2.24, 2.45) is 0 Å². The molecule has 3 N–H and O–H groups in total. The summed E-state index contributed by atoms with van der Waals surface area (Å²) in [4.78, 5) is 24.5. The zero-order valence-corrected chi connectivity index (χ0v) is 17.8. The number of hydrogen-bond donors (Lipinski definition) is 3. The highest BCUT2D eigenvalue weighted by atomic mass is 19.3. The Hall–Kier alpha value is -4.06. The number of hydrogen-bond acceptors (Lipinski definition) is 7. The van der Waals surface area contributed by atoms with Gasteiger partial charge < -0.3 is 15.4 Å². The Morgan fingerprint density at radius 2 is 2.03 bits per heavy atom. The third-order valence-electron chi connectivity index (χ3n) is 5.23. The van der Waals surface area contributed by atoms with Crippen LogP contribution in [0.1, 0.15) is 27.6 Å². The molecule has 0 unspecified atom stereocenters. The summed E-state index contributed by atoms with van der Waals surface area (Å²) >= 11 is 0. The summed E-state index contributed by atoms with van der Waals surface area (Å²) in [6.07, 6.45) is 0.690. The van der Waals surface area contributed by atoms with Crippen LogP contribution in [-0.4, -0.2) is 50.3 Å². The van der Waals surface area contributed by atoms with E-state index in [1.54, 1.807) is 25.1 Å². The number of alkyl halides is 2. The minimum Gasteiger partial charge on any atom is -0.377 e. The fraction of sp³-hybridized carbons (Fsp3) is 0.227. The number of H-pyrrole nitrogens is 1. The van der Waals surface area contributed by atoms with Gasteiger partial charge in [0.15, 0.2) is 5.82 Å². The monoisotopic (exact) mass is 469 g/mol. The van der Waals surface area contributed by atoms with Crippen molar-refractivity contribution in [2.45, 2.75) is 18.9 Å². The van der Waals surface area contributed by atoms with E-state index in [4.69, 9.17) is 4.74 Å². The van der Waals surface area contributed by atoms with Gasteiger partial charge in [0.25, 0.3) is 5.91 Å². The molecule has 1 aromatic carbocycles. The molecular weight excluding hydrogens is 451 g/mol. The molecule has 1 aliphatic heterocycles. The van der Waals surface area contributed by atoms with Gasteiger partial charge in [0.05, 0.1) is 36.5 Å². The Morgan fingerprint density at radius 3 is 2.68 bits per heavy atom. The lowest BCUT2D eigenvalue weighted by Gasteiger charge is -2.27. The molecule has 174 valence electrons. The van der Waals surface area contributed by atoms with Gasteiger partial charge in [-0.05, 0) is 31.2 Å². The zero-order chi connectivity index (χ0) is 23.9. The minimum atomic E-state index is -3.77. The highest BCUT2D eigenvalue weighted by Gasteiger charge is 2.40. The second-order valence-electron chi connectivity index (χ2n) is 7.80. The van der Waals surface area contributed by atoms with Gasteiger partial charge in [-0.15, -0.1) is 0 Å². The summed E-state index contributed by atoms with van der Waals surface area (Å²) < 4.78 is 49.1. The Balaban J connectivity index is 1.66. The molecule has 4 heterocycles. The Kier molecular flexibility index (Phi) is 5.36. The van der Waals surface area contributed by atoms with Crippen LogP contribution in [0.4, 0.5) is 24.8 Å². The van der Waals surface area contributed by atoms with Crippen LogP contribution in [0, 0.1) is 12.7 Å². The van der Waals surface area contributed by atoms with E-state index in [1.807, 2.05) is 0 Å². The standard InChI is InChI=1S/C22H18F3N7O2/c1-11-7-17(32-31-11)28-19-14-3-2-4-15(20(33)27-13-9-34-10-13)18(14)29-21(30-19)22(24,25)16-6-5-12(23)8-26-16/h2-8,13H,9-10H2,1H3,(H,27,33)(H2,28,29,30,31,32). The largest absolute Gasteiger partial charge is 0.377 e. The van der Waals surface area contributed by atoms with Crippen molar-refractivity contribution in [1.82, 2.24) is 30.5 Å². The number of aromatic nitrogens is 5. The molecule has 0 aliphatic carbocycles. The second kappa shape index (κ2) is 8.37. The maximum atomic E-state index is 15.4. The highest BCUT2D eigenvalue weighted by Crippen LogP contribution is 2.35. The van der Waals surface area contributed by atoms with Crippen molar-refractivity contribution in [2.75, 3.05) is 18.5 Å². The summed E-state index contributed by atoms with van der Waals surface area (Å²) in [5, 5.41) is 12.9. The number of benzene rings is 1. The molecule has 34 heavy (non-hydrogen) atoms. The number of carbonyl (C=O) groups excluding carboxylic acids is 1. The molecule has 1 fully saturated rings. The third kappa shape index (κ3) is 4.03. The minimum absolute atomic E-state index is 0.0155. The maximum Gasteiger partial charge on any atom is 0.348 e. The average Bonchev–Trinajstić information content (AvgIpc) is 3.20. The van der Waals surface area contributed by atoms with Crippen molar-refractivity contribution < 1.29 is 22.7 Å². The number of para-hydroxylation sites is 1. The first-order chi connectivity index (χ1) is 16.3. The summed E-state index contributed by atoms with van der Waals surface area (Å²) in [5.41, 5.74) is 0.118. The number of halogens is 3. The quantitative estimate of drug-likeness (QED) is 0.397. The number of nitrogens with one attached hydrogen (secondary N) is 3. The fourth-order valence-corrected chi connectivity index (χ4v) is 3.43. The molecule has 1 amide bonds. The van der Waals surface area contributed by atoms with Gasteiger partial charge in [-0.25, -0.2) is 14.4 Å². The second-order valence-corrected chi connectivity index (χ2v) is 7.80. The van der Waals surface area contributed by atoms with Gasteiger partial charge in [0.2, 0.25) is 5.82 Å². The number of carbonyl (C=O) groups is 1. The van der Waals surface area contributed by atoms with Crippen LogP contribution in [0.3, 0.4) is 0 Å². The maximum absolute atomic E-state index is 15.4. The number of pyridine rings is 1. The first kappa shape index (κ1) is 21.8. The van der Waals surface area contributed by atoms with Crippen LogP contribution in [0.25, 0.3) is 10.9 Å². The van der Waals surface area contributed by atoms with E-state index in [1.165, 1.54) is 6.07 Å². The molecular formula is C22H18F3N7O2. The van der Waals surface area contributed by atoms with Crippen molar-refractivity contribution in [3.63, 3.8) is 0 Å². The molecule has 1 aliphatic rings. The summed E-state index contributed by atoms with van der Waals surface area (Å²) in [6.45, 7) is 2.52. The predicted molar refractivity (Wildman–Crippen MR) is 115 cm³/mol. The predicted octanol–water partition coefficient (Wildman–Crippen LogP) is 3.21. The molecule has 1 saturated heterocycles. The smallest absolute Gasteiger partial charge is 0.348 e. The summed E-state index contributed by atoms with van der Waals surface area (Å²) in [7, 11) is 0. The summed E-state index contributed by atoms with van der Waals surface area (Å²) in [6, 6.07) is 7.95. The van der Waals surface area contributed by atoms with E-state index < -0.39 is 29.2 Å². The number of ether oxygens (including phenoxy) is 1. The molecule has 0 radical (unpaired) electrons. The topological polar surface area (TPSA) is 118 Å². The Labute approximate surface area is 190 Å². The SMILES string of the molecule is Cc1cc(Nc2nc(C(F)(F)c3ccc(F)cn3)nc3c(C(=O)NC4COC4)cccc23)n[nH]1. The number of aryl methyl sites for hydroxylation is 1. The molecule has 0 saturated carbocycles. The van der Waals surface area contributed by atoms with E-state index in [-0.39, 0.29) is 22.9 Å². The first-order valence-electron chi connectivity index (χ1n) is 10.3. The highest BCUT2D eigenvalue weighted by molar-refractivity contribution is 6.08. The molecule has 0 spiro atoms. The van der Waals surface area contributed by atoms with E-state index in [2.05, 4.69) is 35.8 Å². The van der Waals surface area contributed by atoms with Crippen LogP contribution >= 0.6 is 0 Å². The first-order valence-corrected chi connectivity index (χ1v) is 10.3. The van der Waals surface area contributed by atoms with Crippen LogP contribution in [0.5, 0.6) is 0 Å². The van der Waals surface area contributed by atoms with E-state index >= 15 is 8.78 Å². The van der Waals surface area contributed by atoms with Crippen molar-refractivity contribution in [1.29, 1.82) is 0 Å².